The molecule has 1 amide bonds. The van der Waals surface area contributed by atoms with Gasteiger partial charge in [-0.1, -0.05) is 28.9 Å². The zero-order valence-corrected chi connectivity index (χ0v) is 20.6. The number of hydrogen-bond donors (Lipinski definition) is 1. The third kappa shape index (κ3) is 5.52. The van der Waals surface area contributed by atoms with E-state index in [1.54, 1.807) is 6.92 Å². The van der Waals surface area contributed by atoms with Crippen molar-refractivity contribution < 1.29 is 13.6 Å². The van der Waals surface area contributed by atoms with Crippen LogP contribution in [0.4, 0.5) is 13.9 Å². The molecule has 0 aliphatic heterocycles. The summed E-state index contributed by atoms with van der Waals surface area (Å²) in [7, 11) is 0. The lowest BCUT2D eigenvalue weighted by Gasteiger charge is -2.13. The molecule has 0 aromatic carbocycles. The van der Waals surface area contributed by atoms with E-state index in [9.17, 15) is 18.4 Å². The summed E-state index contributed by atoms with van der Waals surface area (Å²) >= 11 is 7.41. The van der Waals surface area contributed by atoms with Crippen LogP contribution in [0, 0.1) is 24.7 Å². The highest BCUT2D eigenvalue weighted by Gasteiger charge is 2.22. The summed E-state index contributed by atoms with van der Waals surface area (Å²) in [6, 6.07) is 3.83. The molecule has 0 radical (unpaired) electrons. The fourth-order valence-corrected chi connectivity index (χ4v) is 4.10. The molecule has 0 atom stereocenters. The first kappa shape index (κ1) is 24.6. The van der Waals surface area contributed by atoms with Crippen LogP contribution < -0.4 is 10.9 Å². The Morgan fingerprint density at radius 3 is 2.70 bits per heavy atom. The fraction of sp³-hybridized carbons (Fsp3) is 0.208. The van der Waals surface area contributed by atoms with Crippen molar-refractivity contribution in [3.63, 3.8) is 0 Å². The summed E-state index contributed by atoms with van der Waals surface area (Å²) in [6.07, 6.45) is 3.02. The van der Waals surface area contributed by atoms with Gasteiger partial charge in [0.1, 0.15) is 5.69 Å². The highest BCUT2D eigenvalue weighted by molar-refractivity contribution is 7.15. The lowest BCUT2D eigenvalue weighted by Crippen LogP contribution is -2.22. The number of aryl methyl sites for hydroxylation is 1. The van der Waals surface area contributed by atoms with Gasteiger partial charge in [-0.25, -0.2) is 13.8 Å². The maximum atomic E-state index is 13.4. The van der Waals surface area contributed by atoms with Gasteiger partial charge in [0, 0.05) is 35.5 Å². The summed E-state index contributed by atoms with van der Waals surface area (Å²) in [5, 5.41) is 15.3. The van der Waals surface area contributed by atoms with Gasteiger partial charge in [-0.05, 0) is 43.4 Å². The summed E-state index contributed by atoms with van der Waals surface area (Å²) in [6.45, 7) is 1.71. The average Bonchev–Trinajstić information content (AvgIpc) is 3.60. The first-order chi connectivity index (χ1) is 17.8. The average molecular weight is 540 g/mol. The molecule has 1 fully saturated rings. The molecular weight excluding hydrogens is 524 g/mol. The molecule has 5 rings (SSSR count). The molecule has 4 aromatic heterocycles. The Morgan fingerprint density at radius 1 is 1.16 bits per heavy atom. The van der Waals surface area contributed by atoms with Gasteiger partial charge >= 0.3 is 0 Å². The van der Waals surface area contributed by atoms with Crippen molar-refractivity contribution >= 4 is 34.0 Å². The molecule has 1 saturated carbocycles. The Morgan fingerprint density at radius 2 is 1.97 bits per heavy atom. The van der Waals surface area contributed by atoms with Crippen LogP contribution in [-0.4, -0.2) is 35.9 Å². The minimum absolute atomic E-state index is 0.00181. The second kappa shape index (κ2) is 10.1. The van der Waals surface area contributed by atoms with Crippen molar-refractivity contribution in [3.05, 3.63) is 74.0 Å². The Labute approximate surface area is 217 Å². The van der Waals surface area contributed by atoms with Crippen LogP contribution in [0.3, 0.4) is 0 Å². The standard InChI is InChI=1S/C24H16ClF2N7O2S/c1-12-6-21(35)34(30-9-12)19-8-14(15-7-18(22(26)27)28-11-17(15)25)16(10-29-19)23(36)31-24-33-32-20(37-24)5-4-13-2-3-13/h6-11,13,22H,2-3H2,1H3,(H,31,33,36). The lowest BCUT2D eigenvalue weighted by molar-refractivity contribution is 0.102. The second-order valence-electron chi connectivity index (χ2n) is 8.17. The number of nitrogens with zero attached hydrogens (tertiary/aromatic N) is 6. The Balaban J connectivity index is 1.56. The summed E-state index contributed by atoms with van der Waals surface area (Å²) in [5.41, 5.74) is -0.0952. The van der Waals surface area contributed by atoms with E-state index >= 15 is 0 Å². The molecule has 4 heterocycles. The molecule has 0 unspecified atom stereocenters. The maximum absolute atomic E-state index is 13.4. The third-order valence-electron chi connectivity index (χ3n) is 5.28. The van der Waals surface area contributed by atoms with Gasteiger partial charge in [-0.2, -0.15) is 9.78 Å². The maximum Gasteiger partial charge on any atom is 0.280 e. The van der Waals surface area contributed by atoms with E-state index in [1.807, 2.05) is 0 Å². The molecule has 1 N–H and O–H groups in total. The summed E-state index contributed by atoms with van der Waals surface area (Å²) < 4.78 is 27.9. The van der Waals surface area contributed by atoms with Crippen molar-refractivity contribution in [2.75, 3.05) is 5.32 Å². The molecule has 0 bridgehead atoms. The predicted octanol–water partition coefficient (Wildman–Crippen LogP) is 4.45. The van der Waals surface area contributed by atoms with Gasteiger partial charge in [0.2, 0.25) is 5.13 Å². The number of amides is 1. The zero-order chi connectivity index (χ0) is 26.1. The molecule has 4 aromatic rings. The first-order valence-electron chi connectivity index (χ1n) is 11.0. The van der Waals surface area contributed by atoms with Crippen molar-refractivity contribution in [1.29, 1.82) is 0 Å². The Hall–Kier alpha value is -4.08. The quantitative estimate of drug-likeness (QED) is 0.372. The fourth-order valence-electron chi connectivity index (χ4n) is 3.30. The highest BCUT2D eigenvalue weighted by Crippen LogP contribution is 2.34. The number of carbonyl (C=O) groups is 1. The summed E-state index contributed by atoms with van der Waals surface area (Å²) in [4.78, 5) is 33.6. The minimum atomic E-state index is -2.87. The molecule has 0 spiro atoms. The number of carbonyl (C=O) groups excluding carboxylic acids is 1. The number of halogens is 3. The van der Waals surface area contributed by atoms with Crippen LogP contribution in [0.25, 0.3) is 16.9 Å². The van der Waals surface area contributed by atoms with Gasteiger partial charge in [0.15, 0.2) is 10.8 Å². The van der Waals surface area contributed by atoms with Crippen molar-refractivity contribution in [2.24, 2.45) is 5.92 Å². The van der Waals surface area contributed by atoms with E-state index in [-0.39, 0.29) is 32.7 Å². The monoisotopic (exact) mass is 539 g/mol. The van der Waals surface area contributed by atoms with E-state index in [0.29, 0.717) is 16.5 Å². The van der Waals surface area contributed by atoms with E-state index in [2.05, 4.69) is 42.4 Å². The predicted molar refractivity (Wildman–Crippen MR) is 133 cm³/mol. The van der Waals surface area contributed by atoms with Crippen molar-refractivity contribution in [2.45, 2.75) is 26.2 Å². The van der Waals surface area contributed by atoms with Crippen molar-refractivity contribution in [3.8, 4) is 28.8 Å². The van der Waals surface area contributed by atoms with Crippen molar-refractivity contribution in [1.82, 2.24) is 29.9 Å². The molecule has 0 saturated heterocycles. The molecule has 37 heavy (non-hydrogen) atoms. The zero-order valence-electron chi connectivity index (χ0n) is 19.1. The SMILES string of the molecule is Cc1cnn(-c2cc(-c3cc(C(F)F)ncc3Cl)c(C(=O)Nc3nnc(C#CC4CC4)s3)cn2)c(=O)c1. The van der Waals surface area contributed by atoms with E-state index in [4.69, 9.17) is 11.6 Å². The van der Waals surface area contributed by atoms with Gasteiger partial charge in [0.25, 0.3) is 17.9 Å². The Bertz CT molecular complexity index is 1640. The summed E-state index contributed by atoms with van der Waals surface area (Å²) in [5.74, 6) is 5.82. The first-order valence-corrected chi connectivity index (χ1v) is 12.1. The molecule has 13 heteroatoms. The van der Waals surface area contributed by atoms with Crippen LogP contribution in [0.15, 0.2) is 41.6 Å². The largest absolute Gasteiger partial charge is 0.296 e. The number of aromatic nitrogens is 6. The normalized spacial score (nSPS) is 12.8. The van der Waals surface area contributed by atoms with Crippen LogP contribution in [0.5, 0.6) is 0 Å². The number of pyridine rings is 2. The number of rotatable bonds is 5. The highest BCUT2D eigenvalue weighted by atomic mass is 35.5. The van der Waals surface area contributed by atoms with Gasteiger partial charge in [-0.3, -0.25) is 19.9 Å². The van der Waals surface area contributed by atoms with Gasteiger partial charge in [-0.15, -0.1) is 10.2 Å². The minimum Gasteiger partial charge on any atom is -0.296 e. The van der Waals surface area contributed by atoms with E-state index < -0.39 is 23.6 Å². The number of alkyl halides is 2. The number of nitrogens with one attached hydrogen (secondary N) is 1. The molecule has 186 valence electrons. The molecular formula is C24H16ClF2N7O2S. The molecule has 1 aliphatic rings. The van der Waals surface area contributed by atoms with Crippen LogP contribution in [0.2, 0.25) is 5.02 Å². The van der Waals surface area contributed by atoms with Crippen LogP contribution >= 0.6 is 22.9 Å². The van der Waals surface area contributed by atoms with Gasteiger partial charge in [0.05, 0.1) is 16.8 Å². The smallest absolute Gasteiger partial charge is 0.280 e. The third-order valence-corrected chi connectivity index (χ3v) is 6.34. The molecule has 9 nitrogen and oxygen atoms in total. The Kier molecular flexibility index (Phi) is 6.73. The lowest BCUT2D eigenvalue weighted by atomic mass is 10.0. The molecule has 1 aliphatic carbocycles. The van der Waals surface area contributed by atoms with Gasteiger partial charge < -0.3 is 0 Å². The number of anilines is 1. The van der Waals surface area contributed by atoms with Crippen LogP contribution in [-0.2, 0) is 0 Å². The number of hydrogen-bond acceptors (Lipinski definition) is 8. The second-order valence-corrected chi connectivity index (χ2v) is 9.56. The van der Waals surface area contributed by atoms with E-state index in [1.165, 1.54) is 24.5 Å². The van der Waals surface area contributed by atoms with E-state index in [0.717, 1.165) is 41.1 Å². The van der Waals surface area contributed by atoms with Crippen LogP contribution in [0.1, 0.15) is 45.9 Å². The topological polar surface area (TPSA) is 116 Å².